The van der Waals surface area contributed by atoms with Crippen LogP contribution in [0.15, 0.2) is 3.79 Å². The predicted octanol–water partition coefficient (Wildman–Crippen LogP) is 1.12. The minimum atomic E-state index is -2.85. The molecule has 0 aliphatic carbocycles. The van der Waals surface area contributed by atoms with Gasteiger partial charge in [-0.15, -0.1) is 0 Å². The quantitative estimate of drug-likeness (QED) is 0.807. The highest BCUT2D eigenvalue weighted by Gasteiger charge is 2.09. The maximum atomic E-state index is 10.1. The van der Waals surface area contributed by atoms with Gasteiger partial charge in [-0.25, -0.2) is 0 Å². The molecule has 0 saturated carbocycles. The summed E-state index contributed by atoms with van der Waals surface area (Å²) in [6.07, 6.45) is 0. The molecule has 62 valence electrons. The maximum Gasteiger partial charge on any atom is 0.299 e. The van der Waals surface area contributed by atoms with Gasteiger partial charge in [0.05, 0.1) is 5.69 Å². The highest BCUT2D eigenvalue weighted by atomic mass is 79.9. The molecule has 0 atom stereocenters. The van der Waals surface area contributed by atoms with Crippen LogP contribution in [0, 0.1) is 6.92 Å². The fraction of sp³-hybridized carbons (Fsp3) is 0.250. The van der Waals surface area contributed by atoms with Gasteiger partial charge in [0, 0.05) is 0 Å². The van der Waals surface area contributed by atoms with Crippen molar-refractivity contribution in [3.05, 3.63) is 9.48 Å². The van der Waals surface area contributed by atoms with Crippen LogP contribution in [-0.2, 0) is 11.0 Å². The molecule has 0 N–H and O–H groups in total. The standard InChI is InChI=1S/C4H4BrNO3S2/c1-2-3(9-11(7)8)4(5)10-6-2/h11H,1H3. The average molecular weight is 258 g/mol. The van der Waals surface area contributed by atoms with Crippen molar-refractivity contribution in [3.63, 3.8) is 0 Å². The topological polar surface area (TPSA) is 56.3 Å². The highest BCUT2D eigenvalue weighted by Crippen LogP contribution is 2.32. The second-order valence-corrected chi connectivity index (χ2v) is 4.41. The molecule has 0 amide bonds. The van der Waals surface area contributed by atoms with Gasteiger partial charge in [-0.05, 0) is 34.4 Å². The van der Waals surface area contributed by atoms with Gasteiger partial charge in [0.25, 0.3) is 11.0 Å². The van der Waals surface area contributed by atoms with E-state index in [-0.39, 0.29) is 5.75 Å². The molecular formula is C4H4BrNO3S2. The first-order valence-corrected chi connectivity index (χ1v) is 5.21. The summed E-state index contributed by atoms with van der Waals surface area (Å²) >= 11 is 4.26. The summed E-state index contributed by atoms with van der Waals surface area (Å²) in [5, 5.41) is 0. The zero-order valence-electron chi connectivity index (χ0n) is 5.41. The third-order valence-electron chi connectivity index (χ3n) is 0.936. The molecule has 1 rings (SSSR count). The van der Waals surface area contributed by atoms with Crippen LogP contribution in [0.2, 0.25) is 0 Å². The van der Waals surface area contributed by atoms with Gasteiger partial charge in [0.1, 0.15) is 3.79 Å². The number of thiol groups is 1. The van der Waals surface area contributed by atoms with Crippen molar-refractivity contribution in [1.29, 1.82) is 0 Å². The molecule has 1 heterocycles. The van der Waals surface area contributed by atoms with Gasteiger partial charge in [-0.2, -0.15) is 12.8 Å². The van der Waals surface area contributed by atoms with E-state index in [4.69, 9.17) is 0 Å². The Kier molecular flexibility index (Phi) is 2.85. The Morgan fingerprint density at radius 1 is 1.64 bits per heavy atom. The zero-order chi connectivity index (χ0) is 8.43. The van der Waals surface area contributed by atoms with Crippen LogP contribution in [0.4, 0.5) is 0 Å². The molecule has 0 saturated heterocycles. The summed E-state index contributed by atoms with van der Waals surface area (Å²) in [5.74, 6) is 0.283. The first-order chi connectivity index (χ1) is 5.11. The van der Waals surface area contributed by atoms with E-state index in [1.165, 1.54) is 0 Å². The van der Waals surface area contributed by atoms with Crippen LogP contribution in [0.3, 0.4) is 0 Å². The molecule has 0 aliphatic heterocycles. The Labute approximate surface area is 77.6 Å². The summed E-state index contributed by atoms with van der Waals surface area (Å²) in [7, 11) is -2.85. The molecule has 11 heavy (non-hydrogen) atoms. The normalized spacial score (nSPS) is 10.5. The molecule has 1 aromatic rings. The van der Waals surface area contributed by atoms with Crippen LogP contribution >= 0.6 is 27.5 Å². The van der Waals surface area contributed by atoms with Crippen molar-refractivity contribution in [3.8, 4) is 5.75 Å². The molecular weight excluding hydrogens is 254 g/mol. The van der Waals surface area contributed by atoms with Gasteiger partial charge in [0.15, 0.2) is 5.75 Å². The van der Waals surface area contributed by atoms with Gasteiger partial charge < -0.3 is 4.18 Å². The minimum Gasteiger partial charge on any atom is -0.380 e. The lowest BCUT2D eigenvalue weighted by Gasteiger charge is -1.93. The zero-order valence-corrected chi connectivity index (χ0v) is 8.70. The lowest BCUT2D eigenvalue weighted by Crippen LogP contribution is -1.90. The summed E-state index contributed by atoms with van der Waals surface area (Å²) in [6, 6.07) is 0. The molecule has 0 fully saturated rings. The van der Waals surface area contributed by atoms with E-state index in [0.29, 0.717) is 9.48 Å². The summed E-state index contributed by atoms with van der Waals surface area (Å²) in [4.78, 5) is 0. The SMILES string of the molecule is Cc1nsc(Br)c1O[SH](=O)=O. The van der Waals surface area contributed by atoms with E-state index in [2.05, 4.69) is 24.5 Å². The number of hydrogen-bond acceptors (Lipinski definition) is 5. The van der Waals surface area contributed by atoms with Crippen molar-refractivity contribution in [2.24, 2.45) is 0 Å². The Morgan fingerprint density at radius 2 is 2.27 bits per heavy atom. The summed E-state index contributed by atoms with van der Waals surface area (Å²) < 4.78 is 29.2. The van der Waals surface area contributed by atoms with Gasteiger partial charge in [0.2, 0.25) is 0 Å². The van der Waals surface area contributed by atoms with Crippen molar-refractivity contribution < 1.29 is 12.6 Å². The largest absolute Gasteiger partial charge is 0.380 e. The molecule has 0 bridgehead atoms. The summed E-state index contributed by atoms with van der Waals surface area (Å²) in [6.45, 7) is 1.68. The first kappa shape index (κ1) is 8.95. The van der Waals surface area contributed by atoms with E-state index in [1.807, 2.05) is 0 Å². The number of aromatic nitrogens is 1. The maximum absolute atomic E-state index is 10.1. The van der Waals surface area contributed by atoms with Crippen molar-refractivity contribution in [1.82, 2.24) is 4.37 Å². The van der Waals surface area contributed by atoms with Gasteiger partial charge >= 0.3 is 0 Å². The second-order valence-electron chi connectivity index (χ2n) is 1.69. The molecule has 0 aromatic carbocycles. The Bertz CT molecular complexity index is 305. The fourth-order valence-corrected chi connectivity index (χ4v) is 2.23. The van der Waals surface area contributed by atoms with Crippen LogP contribution < -0.4 is 4.18 Å². The number of nitrogens with zero attached hydrogens (tertiary/aromatic N) is 1. The third-order valence-corrected chi connectivity index (χ3v) is 2.77. The third kappa shape index (κ3) is 2.14. The molecule has 0 spiro atoms. The Balaban J connectivity index is 3.01. The minimum absolute atomic E-state index is 0.283. The van der Waals surface area contributed by atoms with Crippen molar-refractivity contribution >= 4 is 38.4 Å². The Hall–Kier alpha value is -0.140. The fourth-order valence-electron chi connectivity index (χ4n) is 0.510. The van der Waals surface area contributed by atoms with E-state index in [0.717, 1.165) is 11.5 Å². The predicted molar refractivity (Wildman–Crippen MR) is 45.5 cm³/mol. The molecule has 1 aromatic heterocycles. The number of hydrogen-bond donors (Lipinski definition) is 1. The highest BCUT2D eigenvalue weighted by molar-refractivity contribution is 9.11. The van der Waals surface area contributed by atoms with E-state index in [1.54, 1.807) is 6.92 Å². The van der Waals surface area contributed by atoms with Crippen LogP contribution in [0.1, 0.15) is 5.69 Å². The van der Waals surface area contributed by atoms with Gasteiger partial charge in [-0.3, -0.25) is 0 Å². The van der Waals surface area contributed by atoms with Crippen LogP contribution in [0.5, 0.6) is 5.75 Å². The van der Waals surface area contributed by atoms with Crippen molar-refractivity contribution in [2.45, 2.75) is 6.92 Å². The first-order valence-electron chi connectivity index (χ1n) is 2.55. The molecule has 0 radical (unpaired) electrons. The molecule has 4 nitrogen and oxygen atoms in total. The smallest absolute Gasteiger partial charge is 0.299 e. The van der Waals surface area contributed by atoms with E-state index < -0.39 is 11.0 Å². The van der Waals surface area contributed by atoms with Gasteiger partial charge in [-0.1, -0.05) is 0 Å². The number of halogens is 1. The van der Waals surface area contributed by atoms with E-state index >= 15 is 0 Å². The number of aryl methyl sites for hydroxylation is 1. The van der Waals surface area contributed by atoms with Crippen molar-refractivity contribution in [2.75, 3.05) is 0 Å². The lowest BCUT2D eigenvalue weighted by atomic mass is 10.5. The lowest BCUT2D eigenvalue weighted by molar-refractivity contribution is 0.507. The second kappa shape index (κ2) is 3.51. The van der Waals surface area contributed by atoms with Crippen LogP contribution in [0.25, 0.3) is 0 Å². The molecule has 0 unspecified atom stereocenters. The number of rotatable bonds is 2. The molecule has 7 heteroatoms. The van der Waals surface area contributed by atoms with E-state index in [9.17, 15) is 8.42 Å². The Morgan fingerprint density at radius 3 is 2.64 bits per heavy atom. The summed E-state index contributed by atoms with van der Waals surface area (Å²) in [5.41, 5.74) is 0.570. The average Bonchev–Trinajstić information content (AvgIpc) is 2.18. The monoisotopic (exact) mass is 257 g/mol. The van der Waals surface area contributed by atoms with Crippen LogP contribution in [-0.4, -0.2) is 12.8 Å². The molecule has 0 aliphatic rings.